The molecule has 0 aliphatic carbocycles. The lowest BCUT2D eigenvalue weighted by Crippen LogP contribution is -2.43. The van der Waals surface area contributed by atoms with Crippen LogP contribution < -0.4 is 0 Å². The molecule has 0 N–H and O–H groups in total. The molecule has 148 valence electrons. The number of nitrogens with zero attached hydrogens (tertiary/aromatic N) is 3. The highest BCUT2D eigenvalue weighted by molar-refractivity contribution is 7.89. The van der Waals surface area contributed by atoms with Gasteiger partial charge in [-0.1, -0.05) is 12.1 Å². The standard InChI is InChI=1S/C20H22FN3O3S/c21-17-6-1-4-15(10-17)12-24-19-14-23(13-16(19)5-2-8-20(24)25)28(26,27)18-7-3-9-22-11-18/h1,3-4,6-7,9-11,16,19H,2,5,8,12-14H2. The molecule has 6 nitrogen and oxygen atoms in total. The molecule has 2 saturated heterocycles. The number of benzene rings is 1. The zero-order valence-corrected chi connectivity index (χ0v) is 16.2. The van der Waals surface area contributed by atoms with Gasteiger partial charge in [0.2, 0.25) is 15.9 Å². The van der Waals surface area contributed by atoms with Gasteiger partial charge >= 0.3 is 0 Å². The lowest BCUT2D eigenvalue weighted by molar-refractivity contribution is -0.133. The first-order chi connectivity index (χ1) is 13.4. The number of amides is 1. The number of hydrogen-bond acceptors (Lipinski definition) is 4. The van der Waals surface area contributed by atoms with Gasteiger partial charge in [0.25, 0.3) is 0 Å². The van der Waals surface area contributed by atoms with E-state index in [4.69, 9.17) is 0 Å². The van der Waals surface area contributed by atoms with Crippen molar-refractivity contribution in [3.63, 3.8) is 0 Å². The average Bonchev–Trinajstić information content (AvgIpc) is 3.06. The van der Waals surface area contributed by atoms with Crippen LogP contribution in [-0.4, -0.2) is 47.6 Å². The number of hydrogen-bond donors (Lipinski definition) is 0. The van der Waals surface area contributed by atoms with Crippen molar-refractivity contribution >= 4 is 15.9 Å². The highest BCUT2D eigenvalue weighted by atomic mass is 32.2. The van der Waals surface area contributed by atoms with E-state index in [0.717, 1.165) is 12.8 Å². The van der Waals surface area contributed by atoms with E-state index in [2.05, 4.69) is 4.98 Å². The van der Waals surface area contributed by atoms with Crippen LogP contribution in [0, 0.1) is 11.7 Å². The Balaban J connectivity index is 1.60. The average molecular weight is 403 g/mol. The fourth-order valence-electron chi connectivity index (χ4n) is 4.18. The van der Waals surface area contributed by atoms with Gasteiger partial charge in [-0.15, -0.1) is 0 Å². The molecule has 8 heteroatoms. The van der Waals surface area contributed by atoms with Crippen molar-refractivity contribution < 1.29 is 17.6 Å². The lowest BCUT2D eigenvalue weighted by atomic mass is 9.98. The van der Waals surface area contributed by atoms with Crippen LogP contribution in [0.4, 0.5) is 4.39 Å². The highest BCUT2D eigenvalue weighted by Crippen LogP contribution is 2.34. The molecule has 2 atom stereocenters. The van der Waals surface area contributed by atoms with E-state index in [1.165, 1.54) is 34.9 Å². The first-order valence-electron chi connectivity index (χ1n) is 9.39. The van der Waals surface area contributed by atoms with Gasteiger partial charge in [-0.3, -0.25) is 9.78 Å². The Morgan fingerprint density at radius 2 is 2.04 bits per heavy atom. The van der Waals surface area contributed by atoms with Crippen molar-refractivity contribution in [3.05, 3.63) is 60.2 Å². The van der Waals surface area contributed by atoms with Gasteiger partial charge in [-0.05, 0) is 48.6 Å². The van der Waals surface area contributed by atoms with Gasteiger partial charge < -0.3 is 4.90 Å². The topological polar surface area (TPSA) is 70.6 Å². The summed E-state index contributed by atoms with van der Waals surface area (Å²) in [5.74, 6) is -0.271. The van der Waals surface area contributed by atoms with Gasteiger partial charge in [-0.2, -0.15) is 4.31 Å². The summed E-state index contributed by atoms with van der Waals surface area (Å²) in [6.45, 7) is 0.927. The van der Waals surface area contributed by atoms with Crippen molar-refractivity contribution in [1.29, 1.82) is 0 Å². The number of halogens is 1. The molecule has 28 heavy (non-hydrogen) atoms. The van der Waals surface area contributed by atoms with E-state index >= 15 is 0 Å². The molecule has 2 unspecified atom stereocenters. The molecule has 2 aliphatic rings. The third-order valence-corrected chi connectivity index (χ3v) is 7.39. The molecule has 0 saturated carbocycles. The number of aromatic nitrogens is 1. The summed E-state index contributed by atoms with van der Waals surface area (Å²) in [5, 5.41) is 0. The van der Waals surface area contributed by atoms with Crippen molar-refractivity contribution in [3.8, 4) is 0 Å². The Morgan fingerprint density at radius 1 is 1.18 bits per heavy atom. The third-order valence-electron chi connectivity index (χ3n) is 5.57. The smallest absolute Gasteiger partial charge is 0.244 e. The van der Waals surface area contributed by atoms with E-state index in [1.807, 2.05) is 0 Å². The SMILES string of the molecule is O=C1CCCC2CN(S(=O)(=O)c3cccnc3)CC2N1Cc1cccc(F)c1. The second-order valence-corrected chi connectivity index (χ2v) is 9.32. The van der Waals surface area contributed by atoms with Crippen LogP contribution in [0.3, 0.4) is 0 Å². The summed E-state index contributed by atoms with van der Waals surface area (Å²) in [5.41, 5.74) is 0.711. The van der Waals surface area contributed by atoms with Gasteiger partial charge in [0.05, 0.1) is 0 Å². The minimum Gasteiger partial charge on any atom is -0.334 e. The van der Waals surface area contributed by atoms with Crippen LogP contribution in [0.1, 0.15) is 24.8 Å². The first-order valence-corrected chi connectivity index (χ1v) is 10.8. The molecule has 1 amide bonds. The Labute approximate surface area is 164 Å². The van der Waals surface area contributed by atoms with Crippen LogP contribution in [0.5, 0.6) is 0 Å². The number of likely N-dealkylation sites (tertiary alicyclic amines) is 1. The maximum atomic E-state index is 13.6. The van der Waals surface area contributed by atoms with Crippen molar-refractivity contribution in [2.45, 2.75) is 36.7 Å². The summed E-state index contributed by atoms with van der Waals surface area (Å²) in [7, 11) is -3.66. The number of fused-ring (bicyclic) bond motifs is 1. The summed E-state index contributed by atoms with van der Waals surface area (Å²) in [6, 6.07) is 9.13. The summed E-state index contributed by atoms with van der Waals surface area (Å²) < 4.78 is 41.0. The maximum absolute atomic E-state index is 13.6. The van der Waals surface area contributed by atoms with Crippen LogP contribution >= 0.6 is 0 Å². The molecule has 0 spiro atoms. The predicted molar refractivity (Wildman–Crippen MR) is 101 cm³/mol. The zero-order valence-electron chi connectivity index (χ0n) is 15.4. The van der Waals surface area contributed by atoms with E-state index in [-0.39, 0.29) is 35.1 Å². The number of carbonyl (C=O) groups excluding carboxylic acids is 1. The van der Waals surface area contributed by atoms with E-state index in [9.17, 15) is 17.6 Å². The molecule has 1 aromatic heterocycles. The molecular weight excluding hydrogens is 381 g/mol. The zero-order chi connectivity index (χ0) is 19.7. The van der Waals surface area contributed by atoms with Crippen LogP contribution in [0.2, 0.25) is 0 Å². The number of rotatable bonds is 4. The molecule has 1 aromatic carbocycles. The van der Waals surface area contributed by atoms with Crippen LogP contribution in [0.25, 0.3) is 0 Å². The van der Waals surface area contributed by atoms with Crippen LogP contribution in [-0.2, 0) is 21.4 Å². The molecule has 2 aromatic rings. The Morgan fingerprint density at radius 3 is 2.79 bits per heavy atom. The maximum Gasteiger partial charge on any atom is 0.244 e. The summed E-state index contributed by atoms with van der Waals surface area (Å²) in [6.07, 6.45) is 4.86. The van der Waals surface area contributed by atoms with E-state index in [0.29, 0.717) is 25.1 Å². The summed E-state index contributed by atoms with van der Waals surface area (Å²) >= 11 is 0. The quantitative estimate of drug-likeness (QED) is 0.786. The molecule has 3 heterocycles. The number of sulfonamides is 1. The van der Waals surface area contributed by atoms with Crippen molar-refractivity contribution in [2.75, 3.05) is 13.1 Å². The van der Waals surface area contributed by atoms with Gasteiger partial charge in [0.15, 0.2) is 0 Å². The normalized spacial score (nSPS) is 23.5. The minimum absolute atomic E-state index is 0.00242. The van der Waals surface area contributed by atoms with Gasteiger partial charge in [-0.25, -0.2) is 12.8 Å². The minimum atomic E-state index is -3.66. The third kappa shape index (κ3) is 3.66. The molecular formula is C20H22FN3O3S. The van der Waals surface area contributed by atoms with Gasteiger partial charge in [0.1, 0.15) is 10.7 Å². The largest absolute Gasteiger partial charge is 0.334 e. The van der Waals surface area contributed by atoms with Crippen molar-refractivity contribution in [1.82, 2.24) is 14.2 Å². The molecule has 0 radical (unpaired) electrons. The van der Waals surface area contributed by atoms with Gasteiger partial charge in [0, 0.05) is 44.5 Å². The number of carbonyl (C=O) groups is 1. The molecule has 4 rings (SSSR count). The predicted octanol–water partition coefficient (Wildman–Crippen LogP) is 2.42. The highest BCUT2D eigenvalue weighted by Gasteiger charge is 2.44. The molecule has 2 fully saturated rings. The fraction of sp³-hybridized carbons (Fsp3) is 0.400. The Hall–Kier alpha value is -2.32. The van der Waals surface area contributed by atoms with Crippen LogP contribution in [0.15, 0.2) is 53.7 Å². The Bertz CT molecular complexity index is 968. The lowest BCUT2D eigenvalue weighted by Gasteiger charge is -2.30. The monoisotopic (exact) mass is 403 g/mol. The number of pyridine rings is 1. The fourth-order valence-corrected chi connectivity index (χ4v) is 5.66. The van der Waals surface area contributed by atoms with E-state index < -0.39 is 10.0 Å². The molecule has 0 bridgehead atoms. The second kappa shape index (κ2) is 7.60. The van der Waals surface area contributed by atoms with E-state index in [1.54, 1.807) is 23.1 Å². The Kier molecular flexibility index (Phi) is 5.16. The summed E-state index contributed by atoms with van der Waals surface area (Å²) in [4.78, 5) is 18.5. The first kappa shape index (κ1) is 19.0. The second-order valence-electron chi connectivity index (χ2n) is 7.38. The molecule has 2 aliphatic heterocycles. The van der Waals surface area contributed by atoms with Crippen molar-refractivity contribution in [2.24, 2.45) is 5.92 Å².